The molecule has 3 atom stereocenters. The van der Waals surface area contributed by atoms with Crippen LogP contribution in [0.15, 0.2) is 0 Å². The minimum absolute atomic E-state index is 0.0622. The topological polar surface area (TPSA) is 72.5 Å². The molecule has 0 fully saturated rings. The van der Waals surface area contributed by atoms with Crippen molar-refractivity contribution in [3.05, 3.63) is 0 Å². The molecule has 0 aliphatic rings. The Balaban J connectivity index is 4.23. The van der Waals surface area contributed by atoms with Gasteiger partial charge in [0.25, 0.3) is 0 Å². The molecule has 0 heterocycles. The second-order valence-electron chi connectivity index (χ2n) is 5.04. The van der Waals surface area contributed by atoms with Gasteiger partial charge < -0.3 is 10.1 Å². The van der Waals surface area contributed by atoms with E-state index in [0.717, 1.165) is 6.42 Å². The van der Waals surface area contributed by atoms with Gasteiger partial charge in [0, 0.05) is 22.6 Å². The van der Waals surface area contributed by atoms with Gasteiger partial charge in [-0.15, -0.1) is 0 Å². The predicted octanol–water partition coefficient (Wildman–Crippen LogP) is 1.24. The summed E-state index contributed by atoms with van der Waals surface area (Å²) in [4.78, 5) is 22.9. The Labute approximate surface area is 117 Å². The van der Waals surface area contributed by atoms with Gasteiger partial charge in [0.15, 0.2) is 0 Å². The summed E-state index contributed by atoms with van der Waals surface area (Å²) in [5, 5.41) is 1.76. The molecule has 0 spiro atoms. The smallest absolute Gasteiger partial charge is 0.306 e. The van der Waals surface area contributed by atoms with Crippen LogP contribution in [0.2, 0.25) is 0 Å². The zero-order valence-electron chi connectivity index (χ0n) is 12.4. The first-order valence-electron chi connectivity index (χ1n) is 6.53. The molecule has 19 heavy (non-hydrogen) atoms. The van der Waals surface area contributed by atoms with E-state index in [9.17, 15) is 13.8 Å². The Hall–Kier alpha value is -0.910. The lowest BCUT2D eigenvalue weighted by Crippen LogP contribution is -2.39. The number of amides is 1. The van der Waals surface area contributed by atoms with Gasteiger partial charge in [0.05, 0.1) is 13.5 Å². The highest BCUT2D eigenvalue weighted by atomic mass is 32.2. The fraction of sp³-hybridized carbons (Fsp3) is 0.846. The predicted molar refractivity (Wildman–Crippen MR) is 76.2 cm³/mol. The monoisotopic (exact) mass is 291 g/mol. The van der Waals surface area contributed by atoms with Gasteiger partial charge in [-0.3, -0.25) is 13.8 Å². The van der Waals surface area contributed by atoms with E-state index in [1.165, 1.54) is 7.11 Å². The molecule has 3 unspecified atom stereocenters. The van der Waals surface area contributed by atoms with E-state index in [-0.39, 0.29) is 12.3 Å². The van der Waals surface area contributed by atoms with Crippen LogP contribution >= 0.6 is 0 Å². The summed E-state index contributed by atoms with van der Waals surface area (Å²) in [6, 6.07) is 0. The van der Waals surface area contributed by atoms with Crippen molar-refractivity contribution in [3.63, 3.8) is 0 Å². The molecule has 0 aliphatic carbocycles. The van der Waals surface area contributed by atoms with Gasteiger partial charge in [0.2, 0.25) is 5.91 Å². The van der Waals surface area contributed by atoms with Crippen LogP contribution in [0.5, 0.6) is 0 Å². The van der Waals surface area contributed by atoms with E-state index in [1.807, 2.05) is 0 Å². The Kier molecular flexibility index (Phi) is 8.63. The van der Waals surface area contributed by atoms with Crippen molar-refractivity contribution in [2.45, 2.75) is 51.0 Å². The van der Waals surface area contributed by atoms with Crippen LogP contribution in [0.4, 0.5) is 0 Å². The number of hydrogen-bond acceptors (Lipinski definition) is 4. The normalized spacial score (nSPS) is 15.7. The third kappa shape index (κ3) is 7.30. The SMILES string of the molecule is COC(=O)CC(C)S(=O)C(C)C(=O)NCCC(C)C. The van der Waals surface area contributed by atoms with Crippen LogP contribution < -0.4 is 5.32 Å². The molecule has 0 saturated heterocycles. The summed E-state index contributed by atoms with van der Waals surface area (Å²) < 4.78 is 16.6. The maximum atomic E-state index is 12.1. The minimum atomic E-state index is -1.39. The van der Waals surface area contributed by atoms with Crippen LogP contribution in [-0.2, 0) is 25.1 Å². The van der Waals surface area contributed by atoms with Crippen molar-refractivity contribution in [3.8, 4) is 0 Å². The van der Waals surface area contributed by atoms with Crippen molar-refractivity contribution < 1.29 is 18.5 Å². The summed E-state index contributed by atoms with van der Waals surface area (Å²) in [5.74, 6) is -0.122. The zero-order chi connectivity index (χ0) is 15.0. The van der Waals surface area contributed by atoms with Crippen molar-refractivity contribution in [2.24, 2.45) is 5.92 Å². The second-order valence-corrected chi connectivity index (χ2v) is 7.20. The number of rotatable bonds is 8. The van der Waals surface area contributed by atoms with Gasteiger partial charge in [-0.2, -0.15) is 0 Å². The maximum Gasteiger partial charge on any atom is 0.306 e. The largest absolute Gasteiger partial charge is 0.469 e. The second kappa shape index (κ2) is 9.07. The Morgan fingerprint density at radius 2 is 1.79 bits per heavy atom. The van der Waals surface area contributed by atoms with Crippen molar-refractivity contribution in [2.75, 3.05) is 13.7 Å². The standard InChI is InChI=1S/C13H25NO4S/c1-9(2)6-7-14-13(16)11(4)19(17)10(3)8-12(15)18-5/h9-11H,6-8H2,1-5H3,(H,14,16). The molecular weight excluding hydrogens is 266 g/mol. The molecule has 0 rings (SSSR count). The number of esters is 1. The summed E-state index contributed by atoms with van der Waals surface area (Å²) in [7, 11) is -0.0971. The third-order valence-corrected chi connectivity index (χ3v) is 4.69. The summed E-state index contributed by atoms with van der Waals surface area (Å²) in [6.07, 6.45) is 0.954. The first kappa shape index (κ1) is 18.1. The first-order valence-corrected chi connectivity index (χ1v) is 7.81. The van der Waals surface area contributed by atoms with Crippen LogP contribution in [0.3, 0.4) is 0 Å². The molecule has 0 aromatic rings. The van der Waals surface area contributed by atoms with Gasteiger partial charge in [-0.25, -0.2) is 0 Å². The highest BCUT2D eigenvalue weighted by molar-refractivity contribution is 7.87. The molecule has 0 aromatic heterocycles. The van der Waals surface area contributed by atoms with E-state index in [4.69, 9.17) is 0 Å². The van der Waals surface area contributed by atoms with Gasteiger partial charge in [0.1, 0.15) is 5.25 Å². The number of carbonyl (C=O) groups is 2. The fourth-order valence-corrected chi connectivity index (χ4v) is 2.77. The van der Waals surface area contributed by atoms with E-state index < -0.39 is 27.3 Å². The molecule has 0 radical (unpaired) electrons. The van der Waals surface area contributed by atoms with Crippen molar-refractivity contribution >= 4 is 22.7 Å². The molecule has 5 nitrogen and oxygen atoms in total. The van der Waals surface area contributed by atoms with Gasteiger partial charge >= 0.3 is 5.97 Å². The number of carbonyl (C=O) groups excluding carboxylic acids is 2. The van der Waals surface area contributed by atoms with Gasteiger partial charge in [-0.1, -0.05) is 20.8 Å². The van der Waals surface area contributed by atoms with Gasteiger partial charge in [-0.05, 0) is 19.3 Å². The Morgan fingerprint density at radius 3 is 2.26 bits per heavy atom. The molecule has 0 aromatic carbocycles. The molecule has 1 amide bonds. The molecule has 112 valence electrons. The summed E-state index contributed by atoms with van der Waals surface area (Å²) >= 11 is 0. The van der Waals surface area contributed by atoms with Crippen LogP contribution in [0.25, 0.3) is 0 Å². The average molecular weight is 291 g/mol. The van der Waals surface area contributed by atoms with Crippen LogP contribution in [-0.4, -0.2) is 40.2 Å². The molecule has 1 N–H and O–H groups in total. The lowest BCUT2D eigenvalue weighted by atomic mass is 10.1. The van der Waals surface area contributed by atoms with Crippen molar-refractivity contribution in [1.82, 2.24) is 5.32 Å². The quantitative estimate of drug-likeness (QED) is 0.683. The lowest BCUT2D eigenvalue weighted by Gasteiger charge is -2.16. The third-order valence-electron chi connectivity index (χ3n) is 2.82. The average Bonchev–Trinajstić information content (AvgIpc) is 2.35. The van der Waals surface area contributed by atoms with E-state index in [2.05, 4.69) is 23.9 Å². The number of methoxy groups -OCH3 is 1. The van der Waals surface area contributed by atoms with E-state index in [0.29, 0.717) is 12.5 Å². The Morgan fingerprint density at radius 1 is 1.21 bits per heavy atom. The lowest BCUT2D eigenvalue weighted by molar-refractivity contribution is -0.140. The number of nitrogens with one attached hydrogen (secondary N) is 1. The highest BCUT2D eigenvalue weighted by Crippen LogP contribution is 2.09. The summed E-state index contributed by atoms with van der Waals surface area (Å²) in [6.45, 7) is 8.04. The number of hydrogen-bond donors (Lipinski definition) is 1. The molecule has 0 aliphatic heterocycles. The Bertz CT molecular complexity index is 331. The minimum Gasteiger partial charge on any atom is -0.469 e. The van der Waals surface area contributed by atoms with E-state index in [1.54, 1.807) is 13.8 Å². The number of ether oxygens (including phenoxy) is 1. The highest BCUT2D eigenvalue weighted by Gasteiger charge is 2.26. The van der Waals surface area contributed by atoms with Crippen LogP contribution in [0, 0.1) is 5.92 Å². The van der Waals surface area contributed by atoms with Crippen LogP contribution in [0.1, 0.15) is 40.5 Å². The molecule has 0 bridgehead atoms. The summed E-state index contributed by atoms with van der Waals surface area (Å²) in [5.41, 5.74) is 0. The molecule has 0 saturated carbocycles. The zero-order valence-corrected chi connectivity index (χ0v) is 13.2. The molecule has 6 heteroatoms. The fourth-order valence-electron chi connectivity index (χ4n) is 1.48. The molecular formula is C13H25NO4S. The first-order chi connectivity index (χ1) is 8.79. The van der Waals surface area contributed by atoms with Crippen molar-refractivity contribution in [1.29, 1.82) is 0 Å². The van der Waals surface area contributed by atoms with E-state index >= 15 is 0 Å². The maximum absolute atomic E-state index is 12.1.